The van der Waals surface area contributed by atoms with Crippen molar-refractivity contribution in [1.29, 1.82) is 0 Å². The van der Waals surface area contributed by atoms with Crippen molar-refractivity contribution >= 4 is 34.8 Å². The predicted octanol–water partition coefficient (Wildman–Crippen LogP) is 5.27. The maximum atomic E-state index is 12.4. The van der Waals surface area contributed by atoms with E-state index in [4.69, 9.17) is 28.2 Å². The Labute approximate surface area is 153 Å². The van der Waals surface area contributed by atoms with Crippen molar-refractivity contribution in [1.82, 2.24) is 9.55 Å². The van der Waals surface area contributed by atoms with E-state index in [1.165, 1.54) is 0 Å². The molecule has 0 spiro atoms. The van der Waals surface area contributed by atoms with E-state index in [0.29, 0.717) is 26.6 Å². The van der Waals surface area contributed by atoms with Crippen molar-refractivity contribution in [3.63, 3.8) is 0 Å². The Bertz CT molecular complexity index is 1220. The Balaban J connectivity index is 1.92. The minimum Gasteiger partial charge on any atom is -0.422 e. The van der Waals surface area contributed by atoms with Crippen LogP contribution in [0.4, 0.5) is 0 Å². The highest BCUT2D eigenvalue weighted by molar-refractivity contribution is 7.71. The van der Waals surface area contributed by atoms with Crippen LogP contribution in [0, 0.1) is 11.7 Å². The maximum Gasteiger partial charge on any atom is 0.345 e. The number of aromatic amines is 1. The fourth-order valence-corrected chi connectivity index (χ4v) is 3.25. The van der Waals surface area contributed by atoms with Gasteiger partial charge in [-0.2, -0.15) is 0 Å². The molecular weight excluding hydrogens is 356 g/mol. The molecule has 0 atom stereocenters. The lowest BCUT2D eigenvalue weighted by Crippen LogP contribution is -2.02. The summed E-state index contributed by atoms with van der Waals surface area (Å²) in [6, 6.07) is 14.8. The van der Waals surface area contributed by atoms with Gasteiger partial charge in [-0.05, 0) is 49.0 Å². The lowest BCUT2D eigenvalue weighted by Gasteiger charge is -2.07. The van der Waals surface area contributed by atoms with Crippen LogP contribution in [-0.4, -0.2) is 9.55 Å². The topological polar surface area (TPSA) is 50.9 Å². The summed E-state index contributed by atoms with van der Waals surface area (Å²) < 4.78 is 7.69. The minimum atomic E-state index is -0.412. The van der Waals surface area contributed by atoms with Crippen LogP contribution < -0.4 is 5.63 Å². The van der Waals surface area contributed by atoms with E-state index in [9.17, 15) is 4.79 Å². The van der Waals surface area contributed by atoms with Gasteiger partial charge in [-0.1, -0.05) is 35.9 Å². The number of para-hydroxylation sites is 1. The Hall–Kier alpha value is -2.63. The molecule has 4 rings (SSSR count). The summed E-state index contributed by atoms with van der Waals surface area (Å²) in [4.78, 5) is 15.4. The van der Waals surface area contributed by atoms with Gasteiger partial charge < -0.3 is 9.40 Å². The molecule has 0 aliphatic heterocycles. The van der Waals surface area contributed by atoms with Crippen molar-refractivity contribution in [2.75, 3.05) is 0 Å². The molecule has 4 aromatic rings. The van der Waals surface area contributed by atoms with Gasteiger partial charge in [0.05, 0.1) is 16.9 Å². The van der Waals surface area contributed by atoms with Gasteiger partial charge in [-0.3, -0.25) is 4.57 Å². The van der Waals surface area contributed by atoms with Gasteiger partial charge in [0, 0.05) is 16.6 Å². The zero-order valence-corrected chi connectivity index (χ0v) is 14.8. The summed E-state index contributed by atoms with van der Waals surface area (Å²) in [5.41, 5.74) is 2.96. The van der Waals surface area contributed by atoms with Gasteiger partial charge in [0.2, 0.25) is 0 Å². The molecule has 6 heteroatoms. The van der Waals surface area contributed by atoms with Crippen LogP contribution >= 0.6 is 23.8 Å². The number of nitrogens with zero attached hydrogens (tertiary/aromatic N) is 1. The highest BCUT2D eigenvalue weighted by Crippen LogP contribution is 2.25. The first-order chi connectivity index (χ1) is 12.0. The van der Waals surface area contributed by atoms with E-state index in [1.54, 1.807) is 22.9 Å². The van der Waals surface area contributed by atoms with Gasteiger partial charge in [-0.15, -0.1) is 0 Å². The average Bonchev–Trinajstić information content (AvgIpc) is 2.98. The fourth-order valence-electron chi connectivity index (χ4n) is 2.82. The van der Waals surface area contributed by atoms with E-state index in [1.807, 2.05) is 43.3 Å². The standard InChI is InChI=1S/C19H13ClN2O2S/c1-11-14(20)6-4-7-16(11)22-10-15(21-19(22)25)13-9-12-5-2-3-8-17(12)24-18(13)23/h2-10H,1H3,(H,21,25). The molecule has 2 aromatic heterocycles. The zero-order chi connectivity index (χ0) is 17.6. The first kappa shape index (κ1) is 15.9. The smallest absolute Gasteiger partial charge is 0.345 e. The van der Waals surface area contributed by atoms with Crippen LogP contribution in [0.3, 0.4) is 0 Å². The monoisotopic (exact) mass is 368 g/mol. The van der Waals surface area contributed by atoms with E-state index in [0.717, 1.165) is 16.6 Å². The van der Waals surface area contributed by atoms with E-state index >= 15 is 0 Å². The van der Waals surface area contributed by atoms with E-state index in [2.05, 4.69) is 4.98 Å². The quantitative estimate of drug-likeness (QED) is 0.387. The van der Waals surface area contributed by atoms with Crippen LogP contribution in [0.15, 0.2) is 63.9 Å². The highest BCUT2D eigenvalue weighted by atomic mass is 35.5. The normalized spacial score (nSPS) is 11.1. The van der Waals surface area contributed by atoms with Crippen LogP contribution in [0.5, 0.6) is 0 Å². The second kappa shape index (κ2) is 6.02. The molecule has 0 saturated heterocycles. The molecule has 0 radical (unpaired) electrons. The summed E-state index contributed by atoms with van der Waals surface area (Å²) >= 11 is 11.6. The largest absolute Gasteiger partial charge is 0.422 e. The van der Waals surface area contributed by atoms with E-state index < -0.39 is 5.63 Å². The molecule has 0 amide bonds. The summed E-state index contributed by atoms with van der Waals surface area (Å²) in [6.45, 7) is 1.93. The van der Waals surface area contributed by atoms with Gasteiger partial charge in [-0.25, -0.2) is 4.79 Å². The number of aromatic nitrogens is 2. The molecule has 2 heterocycles. The molecule has 0 saturated carbocycles. The number of hydrogen-bond donors (Lipinski definition) is 1. The second-order valence-electron chi connectivity index (χ2n) is 5.71. The molecule has 0 bridgehead atoms. The van der Waals surface area contributed by atoms with Crippen LogP contribution in [0.2, 0.25) is 5.02 Å². The Morgan fingerprint density at radius 3 is 2.80 bits per heavy atom. The van der Waals surface area contributed by atoms with Crippen LogP contribution in [-0.2, 0) is 0 Å². The zero-order valence-electron chi connectivity index (χ0n) is 13.2. The number of H-pyrrole nitrogens is 1. The van der Waals surface area contributed by atoms with Crippen molar-refractivity contribution in [3.05, 3.63) is 80.5 Å². The van der Waals surface area contributed by atoms with Gasteiger partial charge in [0.15, 0.2) is 4.77 Å². The fraction of sp³-hybridized carbons (Fsp3) is 0.0526. The van der Waals surface area contributed by atoms with Crippen molar-refractivity contribution in [3.8, 4) is 16.9 Å². The molecule has 0 aliphatic rings. The number of imidazole rings is 1. The Morgan fingerprint density at radius 1 is 1.16 bits per heavy atom. The highest BCUT2D eigenvalue weighted by Gasteiger charge is 2.13. The molecule has 1 N–H and O–H groups in total. The number of halogens is 1. The van der Waals surface area contributed by atoms with Crippen molar-refractivity contribution in [2.45, 2.75) is 6.92 Å². The molecule has 25 heavy (non-hydrogen) atoms. The van der Waals surface area contributed by atoms with E-state index in [-0.39, 0.29) is 0 Å². The first-order valence-electron chi connectivity index (χ1n) is 7.65. The first-order valence-corrected chi connectivity index (χ1v) is 8.43. The summed E-state index contributed by atoms with van der Waals surface area (Å²) in [6.07, 6.45) is 1.79. The SMILES string of the molecule is Cc1c(Cl)cccc1-n1cc(-c2cc3ccccc3oc2=O)[nH]c1=S. The molecule has 0 fully saturated rings. The summed E-state index contributed by atoms with van der Waals surface area (Å²) in [5, 5.41) is 1.51. The second-order valence-corrected chi connectivity index (χ2v) is 6.51. The lowest BCUT2D eigenvalue weighted by atomic mass is 10.1. The molecule has 124 valence electrons. The summed E-state index contributed by atoms with van der Waals surface area (Å²) in [7, 11) is 0. The maximum absolute atomic E-state index is 12.4. The van der Waals surface area contributed by atoms with Crippen molar-refractivity contribution < 1.29 is 4.42 Å². The molecule has 0 unspecified atom stereocenters. The Kier molecular flexibility index (Phi) is 3.82. The van der Waals surface area contributed by atoms with Gasteiger partial charge in [0.1, 0.15) is 5.58 Å². The predicted molar refractivity (Wildman–Crippen MR) is 102 cm³/mol. The third kappa shape index (κ3) is 2.71. The van der Waals surface area contributed by atoms with Gasteiger partial charge >= 0.3 is 5.63 Å². The van der Waals surface area contributed by atoms with Gasteiger partial charge in [0.25, 0.3) is 0 Å². The van der Waals surface area contributed by atoms with Crippen LogP contribution in [0.1, 0.15) is 5.56 Å². The number of fused-ring (bicyclic) bond motifs is 1. The molecule has 2 aromatic carbocycles. The van der Waals surface area contributed by atoms with Crippen LogP contribution in [0.25, 0.3) is 27.9 Å². The molecule has 0 aliphatic carbocycles. The lowest BCUT2D eigenvalue weighted by molar-refractivity contribution is 0.563. The number of nitrogens with one attached hydrogen (secondary N) is 1. The number of hydrogen-bond acceptors (Lipinski definition) is 3. The molecular formula is C19H13ClN2O2S. The van der Waals surface area contributed by atoms with Crippen molar-refractivity contribution in [2.24, 2.45) is 0 Å². The molecule has 4 nitrogen and oxygen atoms in total. The third-order valence-corrected chi connectivity index (χ3v) is 4.86. The third-order valence-electron chi connectivity index (χ3n) is 4.15. The number of benzene rings is 2. The summed E-state index contributed by atoms with van der Waals surface area (Å²) in [5.74, 6) is 0. The Morgan fingerprint density at radius 2 is 1.96 bits per heavy atom. The minimum absolute atomic E-state index is 0.412. The average molecular weight is 369 g/mol. The number of rotatable bonds is 2.